The molecule has 1 aliphatic heterocycles. The second-order valence-corrected chi connectivity index (χ2v) is 7.60. The van der Waals surface area contributed by atoms with Gasteiger partial charge in [-0.2, -0.15) is 0 Å². The fourth-order valence-electron chi connectivity index (χ4n) is 2.65. The van der Waals surface area contributed by atoms with Gasteiger partial charge in [0.2, 0.25) is 0 Å². The lowest BCUT2D eigenvalue weighted by atomic mass is 9.91. The monoisotopic (exact) mass is 304 g/mol. The van der Waals surface area contributed by atoms with E-state index in [1.165, 1.54) is 0 Å². The Morgan fingerprint density at radius 2 is 1.82 bits per heavy atom. The van der Waals surface area contributed by atoms with Gasteiger partial charge in [0.05, 0.1) is 12.2 Å². The molecule has 0 N–H and O–H groups in total. The second kappa shape index (κ2) is 6.93. The van der Waals surface area contributed by atoms with Crippen LogP contribution in [-0.2, 0) is 9.47 Å². The third-order valence-electron chi connectivity index (χ3n) is 4.07. The highest BCUT2D eigenvalue weighted by molar-refractivity contribution is 5.96. The number of carbonyl (C=O) groups excluding carboxylic acids is 1. The van der Waals surface area contributed by atoms with Crippen molar-refractivity contribution in [2.45, 2.75) is 66.0 Å². The van der Waals surface area contributed by atoms with Gasteiger partial charge in [0, 0.05) is 23.8 Å². The highest BCUT2D eigenvalue weighted by Crippen LogP contribution is 2.34. The van der Waals surface area contributed by atoms with Crippen molar-refractivity contribution < 1.29 is 14.3 Å². The molecule has 1 fully saturated rings. The molecule has 2 rings (SSSR count). The van der Waals surface area contributed by atoms with Gasteiger partial charge >= 0.3 is 0 Å². The van der Waals surface area contributed by atoms with Gasteiger partial charge in [-0.25, -0.2) is 0 Å². The molecule has 3 heteroatoms. The molecule has 0 saturated carbocycles. The van der Waals surface area contributed by atoms with Gasteiger partial charge in [-0.1, -0.05) is 65.0 Å². The number of rotatable bonds is 4. The van der Waals surface area contributed by atoms with Crippen LogP contribution in [0.1, 0.15) is 57.8 Å². The Bertz CT molecular complexity index is 487. The van der Waals surface area contributed by atoms with E-state index < -0.39 is 0 Å². The largest absolute Gasteiger partial charge is 0.348 e. The Morgan fingerprint density at radius 1 is 1.18 bits per heavy atom. The molecule has 1 aliphatic rings. The van der Waals surface area contributed by atoms with Crippen molar-refractivity contribution in [1.29, 1.82) is 0 Å². The van der Waals surface area contributed by atoms with E-state index in [0.717, 1.165) is 12.0 Å². The number of hydrogen-bond acceptors (Lipinski definition) is 3. The number of Topliss-reactive ketones (excluding diaryl/α,β-unsaturated/α-hetero) is 1. The van der Waals surface area contributed by atoms with E-state index in [-0.39, 0.29) is 29.7 Å². The number of benzene rings is 1. The molecule has 3 atom stereocenters. The molecule has 1 aromatic carbocycles. The minimum absolute atomic E-state index is 0.0712. The van der Waals surface area contributed by atoms with E-state index in [1.807, 2.05) is 30.3 Å². The molecule has 0 spiro atoms. The van der Waals surface area contributed by atoms with Crippen LogP contribution in [0.15, 0.2) is 30.3 Å². The second-order valence-electron chi connectivity index (χ2n) is 7.60. The lowest BCUT2D eigenvalue weighted by Crippen LogP contribution is -2.46. The summed E-state index contributed by atoms with van der Waals surface area (Å²) in [6.07, 6.45) is 1.01. The van der Waals surface area contributed by atoms with Gasteiger partial charge in [-0.05, 0) is 5.92 Å². The molecular formula is C19H28O3. The average molecular weight is 304 g/mol. The third kappa shape index (κ3) is 4.40. The van der Waals surface area contributed by atoms with Crippen molar-refractivity contribution in [1.82, 2.24) is 0 Å². The molecule has 1 saturated heterocycles. The fraction of sp³-hybridized carbons (Fsp3) is 0.632. The molecule has 122 valence electrons. The first-order valence-corrected chi connectivity index (χ1v) is 8.16. The Labute approximate surface area is 134 Å². The molecule has 3 nitrogen and oxygen atoms in total. The molecule has 0 bridgehead atoms. The summed E-state index contributed by atoms with van der Waals surface area (Å²) in [5.41, 5.74) is 0.660. The van der Waals surface area contributed by atoms with Gasteiger partial charge in [0.1, 0.15) is 0 Å². The van der Waals surface area contributed by atoms with E-state index in [4.69, 9.17) is 9.47 Å². The van der Waals surface area contributed by atoms with Crippen molar-refractivity contribution >= 4 is 5.78 Å². The Hall–Kier alpha value is -1.19. The lowest BCUT2D eigenvalue weighted by molar-refractivity contribution is -0.284. The van der Waals surface area contributed by atoms with Crippen LogP contribution in [0.3, 0.4) is 0 Å². The standard InChI is InChI=1S/C19H28O3/c1-13(2)17-12-15(21-18(22-17)19(3,4)5)11-16(20)14-9-7-6-8-10-14/h6-10,13,15,17-18H,11-12H2,1-5H3/t15-,17+,18+/m0/s1. The van der Waals surface area contributed by atoms with Gasteiger partial charge < -0.3 is 9.47 Å². The maximum absolute atomic E-state index is 12.4. The molecule has 0 unspecified atom stereocenters. The predicted octanol–water partition coefficient (Wildman–Crippen LogP) is 4.46. The maximum Gasteiger partial charge on any atom is 0.165 e. The Balaban J connectivity index is 2.07. The normalized spacial score (nSPS) is 26.2. The number of carbonyl (C=O) groups is 1. The molecular weight excluding hydrogens is 276 g/mol. The first-order valence-electron chi connectivity index (χ1n) is 8.16. The molecule has 1 heterocycles. The summed E-state index contributed by atoms with van der Waals surface area (Å²) in [6, 6.07) is 9.44. The average Bonchev–Trinajstić information content (AvgIpc) is 2.46. The first kappa shape index (κ1) is 17.2. The van der Waals surface area contributed by atoms with Crippen LogP contribution < -0.4 is 0 Å². The SMILES string of the molecule is CC(C)[C@H]1C[C@H](CC(=O)c2ccccc2)O[C@@H](C(C)(C)C)O1. The Kier molecular flexibility index (Phi) is 5.41. The van der Waals surface area contributed by atoms with E-state index in [0.29, 0.717) is 12.3 Å². The van der Waals surface area contributed by atoms with Crippen LogP contribution >= 0.6 is 0 Å². The van der Waals surface area contributed by atoms with E-state index in [2.05, 4.69) is 34.6 Å². The van der Waals surface area contributed by atoms with Crippen molar-refractivity contribution in [3.05, 3.63) is 35.9 Å². The number of hydrogen-bond donors (Lipinski definition) is 0. The van der Waals surface area contributed by atoms with Gasteiger partial charge in [-0.15, -0.1) is 0 Å². The van der Waals surface area contributed by atoms with Crippen molar-refractivity contribution in [3.63, 3.8) is 0 Å². The summed E-state index contributed by atoms with van der Waals surface area (Å²) < 4.78 is 12.2. The zero-order valence-electron chi connectivity index (χ0n) is 14.3. The summed E-state index contributed by atoms with van der Waals surface area (Å²) in [7, 11) is 0. The number of ether oxygens (including phenoxy) is 2. The summed E-state index contributed by atoms with van der Waals surface area (Å²) in [4.78, 5) is 12.4. The van der Waals surface area contributed by atoms with Crippen LogP contribution in [0.4, 0.5) is 0 Å². The minimum atomic E-state index is -0.262. The summed E-state index contributed by atoms with van der Waals surface area (Å²) in [5.74, 6) is 0.561. The summed E-state index contributed by atoms with van der Waals surface area (Å²) in [5, 5.41) is 0. The molecule has 0 aromatic heterocycles. The first-order chi connectivity index (χ1) is 10.3. The van der Waals surface area contributed by atoms with E-state index >= 15 is 0 Å². The van der Waals surface area contributed by atoms with Crippen LogP contribution in [0, 0.1) is 11.3 Å². The molecule has 1 aromatic rings. The fourth-order valence-corrected chi connectivity index (χ4v) is 2.65. The van der Waals surface area contributed by atoms with Gasteiger partial charge in [0.15, 0.2) is 12.1 Å². The van der Waals surface area contributed by atoms with Crippen LogP contribution in [0.25, 0.3) is 0 Å². The molecule has 0 radical (unpaired) electrons. The van der Waals surface area contributed by atoms with Gasteiger partial charge in [0.25, 0.3) is 0 Å². The number of ketones is 1. The summed E-state index contributed by atoms with van der Waals surface area (Å²) in [6.45, 7) is 10.6. The smallest absolute Gasteiger partial charge is 0.165 e. The zero-order valence-corrected chi connectivity index (χ0v) is 14.3. The maximum atomic E-state index is 12.4. The van der Waals surface area contributed by atoms with Crippen LogP contribution in [0.2, 0.25) is 0 Å². The zero-order chi connectivity index (χ0) is 16.3. The quantitative estimate of drug-likeness (QED) is 0.770. The Morgan fingerprint density at radius 3 is 2.36 bits per heavy atom. The minimum Gasteiger partial charge on any atom is -0.348 e. The summed E-state index contributed by atoms with van der Waals surface area (Å²) >= 11 is 0. The highest BCUT2D eigenvalue weighted by atomic mass is 16.7. The molecule has 22 heavy (non-hydrogen) atoms. The van der Waals surface area contributed by atoms with Crippen LogP contribution in [0.5, 0.6) is 0 Å². The van der Waals surface area contributed by atoms with Gasteiger partial charge in [-0.3, -0.25) is 4.79 Å². The highest BCUT2D eigenvalue weighted by Gasteiger charge is 2.38. The lowest BCUT2D eigenvalue weighted by Gasteiger charge is -2.42. The van der Waals surface area contributed by atoms with Crippen molar-refractivity contribution in [2.24, 2.45) is 11.3 Å². The molecule has 0 amide bonds. The van der Waals surface area contributed by atoms with Crippen LogP contribution in [-0.4, -0.2) is 24.3 Å². The third-order valence-corrected chi connectivity index (χ3v) is 4.07. The van der Waals surface area contributed by atoms with Crippen molar-refractivity contribution in [2.75, 3.05) is 0 Å². The molecule has 0 aliphatic carbocycles. The topological polar surface area (TPSA) is 35.5 Å². The predicted molar refractivity (Wildman–Crippen MR) is 87.8 cm³/mol. The van der Waals surface area contributed by atoms with E-state index in [1.54, 1.807) is 0 Å². The van der Waals surface area contributed by atoms with Crippen molar-refractivity contribution in [3.8, 4) is 0 Å². The van der Waals surface area contributed by atoms with E-state index in [9.17, 15) is 4.79 Å².